The number of hydrogen-bond donors (Lipinski definition) is 0. The highest BCUT2D eigenvalue weighted by atomic mass is 35.5. The molecule has 0 unspecified atom stereocenters. The highest BCUT2D eigenvalue weighted by Gasteiger charge is 2.44. The Kier molecular flexibility index (Phi) is 5.71. The van der Waals surface area contributed by atoms with Gasteiger partial charge in [-0.3, -0.25) is 4.28 Å². The normalized spacial score (nSPS) is 13.8. The average Bonchev–Trinajstić information content (AvgIpc) is 2.36. The Labute approximate surface area is 138 Å². The van der Waals surface area contributed by atoms with Gasteiger partial charge in [-0.05, 0) is 24.3 Å². The van der Waals surface area contributed by atoms with Gasteiger partial charge in [-0.25, -0.2) is 8.42 Å². The number of sulfone groups is 1. The summed E-state index contributed by atoms with van der Waals surface area (Å²) in [5.74, 6) is 0.487. The molecule has 0 bridgehead atoms. The Morgan fingerprint density at radius 2 is 1.59 bits per heavy atom. The van der Waals surface area contributed by atoms with Gasteiger partial charge in [0, 0.05) is 11.8 Å². The molecule has 0 atom stereocenters. The Balaban J connectivity index is 3.46. The van der Waals surface area contributed by atoms with Gasteiger partial charge in [0.1, 0.15) is 11.5 Å². The maximum atomic E-state index is 11.7. The molecule has 124 valence electrons. The fraction of sp³-hybridized carbons (Fsp3) is 0.364. The maximum Gasteiger partial charge on any atom is 0.325 e. The molecule has 0 fully saturated rings. The average molecular weight is 390 g/mol. The summed E-state index contributed by atoms with van der Waals surface area (Å²) in [6.45, 7) is 0. The van der Waals surface area contributed by atoms with E-state index in [-0.39, 0.29) is 5.56 Å². The molecule has 0 aromatic heterocycles. The number of nitrogens with zero attached hydrogens (tertiary/aromatic N) is 1. The molecule has 22 heavy (non-hydrogen) atoms. The largest absolute Gasteiger partial charge is 0.497 e. The lowest BCUT2D eigenvalue weighted by molar-refractivity contribution is 0.342. The zero-order valence-corrected chi connectivity index (χ0v) is 14.9. The summed E-state index contributed by atoms with van der Waals surface area (Å²) in [5, 5.41) is 3.30. The summed E-state index contributed by atoms with van der Waals surface area (Å²) >= 11 is 11.7. The van der Waals surface area contributed by atoms with Gasteiger partial charge in [0.05, 0.1) is 13.4 Å². The van der Waals surface area contributed by atoms with Gasteiger partial charge in [0.25, 0.3) is 3.67 Å². The first-order chi connectivity index (χ1) is 9.88. The molecule has 1 rings (SSSR count). The molecule has 0 spiro atoms. The van der Waals surface area contributed by atoms with Crippen molar-refractivity contribution in [2.75, 3.05) is 19.6 Å². The minimum Gasteiger partial charge on any atom is -0.497 e. The Bertz CT molecular complexity index is 769. The molecule has 0 radical (unpaired) electrons. The second-order valence-electron chi connectivity index (χ2n) is 4.24. The Morgan fingerprint density at radius 1 is 1.09 bits per heavy atom. The van der Waals surface area contributed by atoms with Crippen molar-refractivity contribution in [2.24, 2.45) is 5.16 Å². The molecule has 0 saturated heterocycles. The van der Waals surface area contributed by atoms with E-state index in [1.807, 2.05) is 0 Å². The van der Waals surface area contributed by atoms with Crippen molar-refractivity contribution in [1.29, 1.82) is 0 Å². The standard InChI is InChI=1S/C11H13Cl2NO6S2/c1-19-9-6-4-8(5-7-9)10(14-20-22(3,17)18)11(12,13)21(2,15)16/h4-7H,1-3H3. The molecule has 0 saturated carbocycles. The van der Waals surface area contributed by atoms with E-state index in [2.05, 4.69) is 9.44 Å². The molecule has 0 N–H and O–H groups in total. The fourth-order valence-electron chi connectivity index (χ4n) is 1.30. The molecule has 0 amide bonds. The minimum atomic E-state index is -4.04. The monoisotopic (exact) mass is 389 g/mol. The van der Waals surface area contributed by atoms with E-state index in [0.717, 1.165) is 12.5 Å². The van der Waals surface area contributed by atoms with Crippen LogP contribution in [0.25, 0.3) is 0 Å². The van der Waals surface area contributed by atoms with E-state index >= 15 is 0 Å². The van der Waals surface area contributed by atoms with Crippen LogP contribution in [0.1, 0.15) is 5.56 Å². The summed E-state index contributed by atoms with van der Waals surface area (Å²) < 4.78 is 52.4. The molecule has 0 aliphatic heterocycles. The van der Waals surface area contributed by atoms with Crippen LogP contribution in [0.4, 0.5) is 0 Å². The first-order valence-electron chi connectivity index (χ1n) is 5.57. The summed E-state index contributed by atoms with van der Waals surface area (Å²) in [4.78, 5) is 0. The molecule has 11 heteroatoms. The maximum absolute atomic E-state index is 11.7. The minimum absolute atomic E-state index is 0.153. The van der Waals surface area contributed by atoms with Gasteiger partial charge in [-0.15, -0.1) is 0 Å². The second kappa shape index (κ2) is 6.61. The van der Waals surface area contributed by atoms with E-state index in [1.165, 1.54) is 31.4 Å². The van der Waals surface area contributed by atoms with Gasteiger partial charge in [-0.2, -0.15) is 8.42 Å². The van der Waals surface area contributed by atoms with Gasteiger partial charge in [0.2, 0.25) is 0 Å². The zero-order chi connectivity index (χ0) is 17.2. The first-order valence-corrected chi connectivity index (χ1v) is 10.0. The predicted octanol–water partition coefficient (Wildman–Crippen LogP) is 1.55. The second-order valence-corrected chi connectivity index (χ2v) is 9.73. The number of methoxy groups -OCH3 is 1. The number of benzene rings is 1. The van der Waals surface area contributed by atoms with Crippen LogP contribution in [-0.2, 0) is 24.2 Å². The number of oxime groups is 1. The molecule has 7 nitrogen and oxygen atoms in total. The fourth-order valence-corrected chi connectivity index (χ4v) is 2.31. The first kappa shape index (κ1) is 19.0. The third-order valence-corrected chi connectivity index (χ3v) is 5.88. The van der Waals surface area contributed by atoms with Crippen molar-refractivity contribution >= 4 is 48.9 Å². The third kappa shape index (κ3) is 4.73. The molecule has 1 aromatic carbocycles. The molecular weight excluding hydrogens is 377 g/mol. The number of halogens is 2. The quantitative estimate of drug-likeness (QED) is 0.415. The van der Waals surface area contributed by atoms with Gasteiger partial charge in [-0.1, -0.05) is 28.4 Å². The van der Waals surface area contributed by atoms with Gasteiger partial charge < -0.3 is 4.74 Å². The molecule has 0 aliphatic rings. The predicted molar refractivity (Wildman–Crippen MR) is 84.7 cm³/mol. The SMILES string of the molecule is COc1ccc(C(=NOS(C)(=O)=O)C(Cl)(Cl)S(C)(=O)=O)cc1. The van der Waals surface area contributed by atoms with E-state index in [0.29, 0.717) is 5.75 Å². The van der Waals surface area contributed by atoms with Crippen LogP contribution in [0, 0.1) is 0 Å². The van der Waals surface area contributed by atoms with Crippen LogP contribution in [0.5, 0.6) is 5.75 Å². The molecule has 1 aromatic rings. The Hall–Kier alpha value is -1.03. The van der Waals surface area contributed by atoms with Crippen LogP contribution in [0.15, 0.2) is 29.4 Å². The van der Waals surface area contributed by atoms with E-state index in [9.17, 15) is 16.8 Å². The highest BCUT2D eigenvalue weighted by molar-refractivity contribution is 7.96. The Morgan fingerprint density at radius 3 is 1.95 bits per heavy atom. The van der Waals surface area contributed by atoms with Crippen molar-refractivity contribution < 1.29 is 25.9 Å². The van der Waals surface area contributed by atoms with Crippen molar-refractivity contribution in [3.63, 3.8) is 0 Å². The highest BCUT2D eigenvalue weighted by Crippen LogP contribution is 2.33. The lowest BCUT2D eigenvalue weighted by Crippen LogP contribution is -2.36. The van der Waals surface area contributed by atoms with Gasteiger partial charge >= 0.3 is 10.1 Å². The lowest BCUT2D eigenvalue weighted by Gasteiger charge is -2.19. The van der Waals surface area contributed by atoms with Crippen LogP contribution in [-0.4, -0.2) is 45.8 Å². The molecule has 0 aliphatic carbocycles. The number of hydrogen-bond acceptors (Lipinski definition) is 7. The van der Waals surface area contributed by atoms with Crippen molar-refractivity contribution in [1.82, 2.24) is 0 Å². The number of ether oxygens (including phenoxy) is 1. The van der Waals surface area contributed by atoms with Gasteiger partial charge in [0.15, 0.2) is 9.84 Å². The number of rotatable bonds is 6. The van der Waals surface area contributed by atoms with E-state index in [1.54, 1.807) is 0 Å². The molecular formula is C11H13Cl2NO6S2. The summed E-state index contributed by atoms with van der Waals surface area (Å²) in [6.07, 6.45) is 1.53. The van der Waals surface area contributed by atoms with Crippen molar-refractivity contribution in [3.8, 4) is 5.75 Å². The van der Waals surface area contributed by atoms with Crippen molar-refractivity contribution in [2.45, 2.75) is 3.67 Å². The number of alkyl halides is 2. The zero-order valence-electron chi connectivity index (χ0n) is 11.8. The van der Waals surface area contributed by atoms with E-state index in [4.69, 9.17) is 27.9 Å². The topological polar surface area (TPSA) is 99.1 Å². The van der Waals surface area contributed by atoms with Crippen LogP contribution >= 0.6 is 23.2 Å². The molecule has 0 heterocycles. The summed E-state index contributed by atoms with van der Waals surface area (Å²) in [5.41, 5.74) is -0.328. The lowest BCUT2D eigenvalue weighted by atomic mass is 10.1. The summed E-state index contributed by atoms with van der Waals surface area (Å²) in [6, 6.07) is 5.82. The third-order valence-electron chi connectivity index (χ3n) is 2.37. The van der Waals surface area contributed by atoms with Crippen LogP contribution in [0.3, 0.4) is 0 Å². The van der Waals surface area contributed by atoms with Crippen LogP contribution in [0.2, 0.25) is 0 Å². The van der Waals surface area contributed by atoms with E-state index < -0.39 is 29.3 Å². The van der Waals surface area contributed by atoms with Crippen molar-refractivity contribution in [3.05, 3.63) is 29.8 Å². The smallest absolute Gasteiger partial charge is 0.325 e. The summed E-state index contributed by atoms with van der Waals surface area (Å²) in [7, 11) is -6.56. The van der Waals surface area contributed by atoms with Crippen LogP contribution < -0.4 is 4.74 Å².